The first-order valence-corrected chi connectivity index (χ1v) is 10.1. The number of ether oxygens (including phenoxy) is 1. The Hall–Kier alpha value is -2.43. The number of amides is 1. The van der Waals surface area contributed by atoms with Gasteiger partial charge in [-0.2, -0.15) is 9.40 Å². The normalized spacial score (nSPS) is 21.8. The zero-order valence-electron chi connectivity index (χ0n) is 14.9. The molecular formula is C17H21N5O4S. The molecule has 1 aromatic heterocycles. The highest BCUT2D eigenvalue weighted by molar-refractivity contribution is 7.89. The predicted octanol–water partition coefficient (Wildman–Crippen LogP) is 0.126. The van der Waals surface area contributed by atoms with Crippen LogP contribution in [0.25, 0.3) is 0 Å². The van der Waals surface area contributed by atoms with Crippen LogP contribution in [0.4, 0.5) is 5.69 Å². The lowest BCUT2D eigenvalue weighted by Crippen LogP contribution is -2.57. The fourth-order valence-corrected chi connectivity index (χ4v) is 4.84. The van der Waals surface area contributed by atoms with Crippen molar-refractivity contribution in [3.63, 3.8) is 0 Å². The Bertz CT molecular complexity index is 958. The number of nitrogens with zero attached hydrogens (tertiary/aromatic N) is 4. The maximum atomic E-state index is 12.9. The number of rotatable bonds is 2. The summed E-state index contributed by atoms with van der Waals surface area (Å²) in [4.78, 5) is 14.5. The Morgan fingerprint density at radius 2 is 2.07 bits per heavy atom. The Morgan fingerprint density at radius 1 is 1.26 bits per heavy atom. The number of anilines is 1. The predicted molar refractivity (Wildman–Crippen MR) is 97.9 cm³/mol. The SMILES string of the molecule is Cn1cc(S(=O)(=O)N2CCN3CC(=O)Nc4ccccc4OC[C@H]3C2)cn1. The first kappa shape index (κ1) is 18.0. The molecule has 0 unspecified atom stereocenters. The zero-order chi connectivity index (χ0) is 19.0. The van der Waals surface area contributed by atoms with Crippen molar-refractivity contribution in [2.45, 2.75) is 10.9 Å². The van der Waals surface area contributed by atoms with Gasteiger partial charge in [-0.1, -0.05) is 12.1 Å². The molecule has 0 spiro atoms. The van der Waals surface area contributed by atoms with Crippen LogP contribution in [0.3, 0.4) is 0 Å². The molecular weight excluding hydrogens is 370 g/mol. The van der Waals surface area contributed by atoms with Crippen LogP contribution in [-0.4, -0.2) is 72.1 Å². The van der Waals surface area contributed by atoms with Gasteiger partial charge >= 0.3 is 0 Å². The molecule has 10 heteroatoms. The average molecular weight is 391 g/mol. The van der Waals surface area contributed by atoms with E-state index >= 15 is 0 Å². The standard InChI is InChI=1S/C17H21N5O4S/c1-20-10-14(8-18-20)27(24,25)22-7-6-21-11-17(23)19-15-4-2-3-5-16(15)26-12-13(21)9-22/h2-5,8,10,13H,6-7,9,11-12H2,1H3,(H,19,23)/t13-/m1/s1. The molecule has 0 saturated carbocycles. The summed E-state index contributed by atoms with van der Waals surface area (Å²) < 4.78 is 34.6. The van der Waals surface area contributed by atoms with Crippen molar-refractivity contribution >= 4 is 21.6 Å². The Morgan fingerprint density at radius 3 is 2.85 bits per heavy atom. The molecule has 3 heterocycles. The summed E-state index contributed by atoms with van der Waals surface area (Å²) in [6, 6.07) is 7.02. The number of aryl methyl sites for hydroxylation is 1. The molecule has 2 aromatic rings. The van der Waals surface area contributed by atoms with Gasteiger partial charge in [-0.15, -0.1) is 0 Å². The lowest BCUT2D eigenvalue weighted by molar-refractivity contribution is -0.118. The van der Waals surface area contributed by atoms with Crippen LogP contribution in [0, 0.1) is 0 Å². The van der Waals surface area contributed by atoms with Gasteiger partial charge in [-0.3, -0.25) is 14.4 Å². The Balaban J connectivity index is 1.57. The fraction of sp³-hybridized carbons (Fsp3) is 0.412. The minimum Gasteiger partial charge on any atom is -0.490 e. The number of carbonyl (C=O) groups excluding carboxylic acids is 1. The molecule has 1 aromatic carbocycles. The molecule has 0 aliphatic carbocycles. The van der Waals surface area contributed by atoms with E-state index in [1.165, 1.54) is 21.4 Å². The third-order valence-electron chi connectivity index (χ3n) is 4.83. The summed E-state index contributed by atoms with van der Waals surface area (Å²) in [6.45, 7) is 1.52. The number of aromatic nitrogens is 2. The van der Waals surface area contributed by atoms with Gasteiger partial charge in [-0.05, 0) is 12.1 Å². The fourth-order valence-electron chi connectivity index (χ4n) is 3.39. The second-order valence-electron chi connectivity index (χ2n) is 6.69. The van der Waals surface area contributed by atoms with Gasteiger partial charge in [0.2, 0.25) is 15.9 Å². The summed E-state index contributed by atoms with van der Waals surface area (Å²) >= 11 is 0. The van der Waals surface area contributed by atoms with Crippen molar-refractivity contribution in [2.75, 3.05) is 38.1 Å². The molecule has 9 nitrogen and oxygen atoms in total. The molecule has 2 aliphatic rings. The Kier molecular flexibility index (Phi) is 4.62. The van der Waals surface area contributed by atoms with Gasteiger partial charge in [0.25, 0.3) is 0 Å². The summed E-state index contributed by atoms with van der Waals surface area (Å²) in [6.07, 6.45) is 2.84. The lowest BCUT2D eigenvalue weighted by Gasteiger charge is -2.39. The number of nitrogens with one attached hydrogen (secondary N) is 1. The topological polar surface area (TPSA) is 96.8 Å². The van der Waals surface area contributed by atoms with Crippen LogP contribution >= 0.6 is 0 Å². The summed E-state index contributed by atoms with van der Waals surface area (Å²) in [5.74, 6) is 0.446. The quantitative estimate of drug-likeness (QED) is 0.782. The van der Waals surface area contributed by atoms with Crippen LogP contribution in [0.15, 0.2) is 41.6 Å². The molecule has 0 radical (unpaired) electrons. The van der Waals surface area contributed by atoms with Gasteiger partial charge in [0, 0.05) is 32.9 Å². The minimum atomic E-state index is -3.63. The largest absolute Gasteiger partial charge is 0.490 e. The van der Waals surface area contributed by atoms with Gasteiger partial charge in [0.15, 0.2) is 0 Å². The molecule has 1 amide bonds. The molecule has 144 valence electrons. The van der Waals surface area contributed by atoms with E-state index in [2.05, 4.69) is 10.4 Å². The number of carbonyl (C=O) groups is 1. The van der Waals surface area contributed by atoms with Crippen LogP contribution in [-0.2, 0) is 21.9 Å². The second-order valence-corrected chi connectivity index (χ2v) is 8.63. The van der Waals surface area contributed by atoms with Crippen molar-refractivity contribution in [3.05, 3.63) is 36.7 Å². The van der Waals surface area contributed by atoms with Crippen molar-refractivity contribution in [3.8, 4) is 5.75 Å². The highest BCUT2D eigenvalue weighted by Crippen LogP contribution is 2.27. The summed E-state index contributed by atoms with van der Waals surface area (Å²) in [5, 5.41) is 6.81. The number of hydrogen-bond donors (Lipinski definition) is 1. The number of piperazine rings is 1. The molecule has 1 saturated heterocycles. The molecule has 1 fully saturated rings. The van der Waals surface area contributed by atoms with Crippen LogP contribution in [0.5, 0.6) is 5.75 Å². The van der Waals surface area contributed by atoms with Crippen LogP contribution in [0.2, 0.25) is 0 Å². The first-order valence-electron chi connectivity index (χ1n) is 8.68. The first-order chi connectivity index (χ1) is 12.9. The van der Waals surface area contributed by atoms with E-state index in [1.54, 1.807) is 19.2 Å². The molecule has 0 bridgehead atoms. The number of benzene rings is 1. The number of sulfonamides is 1. The van der Waals surface area contributed by atoms with E-state index in [1.807, 2.05) is 17.0 Å². The summed E-state index contributed by atoms with van der Waals surface area (Å²) in [5.41, 5.74) is 0.627. The van der Waals surface area contributed by atoms with Gasteiger partial charge in [0.1, 0.15) is 17.3 Å². The maximum absolute atomic E-state index is 12.9. The van der Waals surface area contributed by atoms with E-state index in [0.29, 0.717) is 31.1 Å². The highest BCUT2D eigenvalue weighted by Gasteiger charge is 2.36. The highest BCUT2D eigenvalue weighted by atomic mass is 32.2. The van der Waals surface area contributed by atoms with E-state index in [9.17, 15) is 13.2 Å². The van der Waals surface area contributed by atoms with Crippen LogP contribution < -0.4 is 10.1 Å². The Labute approximate surface area is 157 Å². The van der Waals surface area contributed by atoms with Crippen molar-refractivity contribution < 1.29 is 17.9 Å². The van der Waals surface area contributed by atoms with E-state index in [4.69, 9.17) is 4.74 Å². The van der Waals surface area contributed by atoms with Crippen molar-refractivity contribution in [1.29, 1.82) is 0 Å². The van der Waals surface area contributed by atoms with Crippen molar-refractivity contribution in [1.82, 2.24) is 19.0 Å². The zero-order valence-corrected chi connectivity index (χ0v) is 15.7. The van der Waals surface area contributed by atoms with Crippen LogP contribution in [0.1, 0.15) is 0 Å². The smallest absolute Gasteiger partial charge is 0.246 e. The van der Waals surface area contributed by atoms with Gasteiger partial charge in [0.05, 0.1) is 24.5 Å². The van der Waals surface area contributed by atoms with E-state index in [0.717, 1.165) is 0 Å². The number of para-hydroxylation sites is 2. The molecule has 1 atom stereocenters. The molecule has 4 rings (SSSR count). The third-order valence-corrected chi connectivity index (χ3v) is 6.64. The number of fused-ring (bicyclic) bond motifs is 2. The maximum Gasteiger partial charge on any atom is 0.246 e. The molecule has 27 heavy (non-hydrogen) atoms. The van der Waals surface area contributed by atoms with Gasteiger partial charge < -0.3 is 10.1 Å². The summed E-state index contributed by atoms with van der Waals surface area (Å²) in [7, 11) is -1.95. The minimum absolute atomic E-state index is 0.137. The molecule has 1 N–H and O–H groups in total. The third kappa shape index (κ3) is 3.55. The molecule has 2 aliphatic heterocycles. The van der Waals surface area contributed by atoms with Crippen molar-refractivity contribution in [2.24, 2.45) is 7.05 Å². The monoisotopic (exact) mass is 391 g/mol. The second kappa shape index (κ2) is 6.95. The lowest BCUT2D eigenvalue weighted by atomic mass is 10.2. The van der Waals surface area contributed by atoms with E-state index < -0.39 is 10.0 Å². The number of hydrogen-bond acceptors (Lipinski definition) is 6. The average Bonchev–Trinajstić information content (AvgIpc) is 3.10. The van der Waals surface area contributed by atoms with Gasteiger partial charge in [-0.25, -0.2) is 8.42 Å². The van der Waals surface area contributed by atoms with E-state index in [-0.39, 0.29) is 29.9 Å².